The maximum absolute atomic E-state index is 11.7. The molecule has 0 aliphatic carbocycles. The van der Waals surface area contributed by atoms with Crippen LogP contribution in [-0.4, -0.2) is 25.4 Å². The van der Waals surface area contributed by atoms with E-state index in [1.54, 1.807) is 45.0 Å². The van der Waals surface area contributed by atoms with E-state index in [4.69, 9.17) is 5.21 Å². The van der Waals surface area contributed by atoms with Crippen LogP contribution in [0.3, 0.4) is 0 Å². The van der Waals surface area contributed by atoms with E-state index in [1.807, 2.05) is 0 Å². The molecule has 0 aliphatic heterocycles. The molecule has 1 rings (SSSR count). The molecule has 0 aromatic heterocycles. The molecule has 0 heterocycles. The molecule has 0 saturated carbocycles. The van der Waals surface area contributed by atoms with E-state index in [-0.39, 0.29) is 6.04 Å². The molecule has 100 valence electrons. The number of oxime groups is 1. The minimum absolute atomic E-state index is 0.188. The summed E-state index contributed by atoms with van der Waals surface area (Å²) < 4.78 is 28.1. The van der Waals surface area contributed by atoms with Crippen molar-refractivity contribution in [2.75, 3.05) is 4.72 Å². The van der Waals surface area contributed by atoms with Crippen LogP contribution < -0.4 is 9.44 Å². The summed E-state index contributed by atoms with van der Waals surface area (Å²) in [7, 11) is -3.59. The Morgan fingerprint density at radius 3 is 2.61 bits per heavy atom. The van der Waals surface area contributed by atoms with Crippen LogP contribution in [0.15, 0.2) is 29.4 Å². The fourth-order valence-electron chi connectivity index (χ4n) is 1.36. The molecule has 0 radical (unpaired) electrons. The van der Waals surface area contributed by atoms with E-state index >= 15 is 0 Å². The molecule has 3 N–H and O–H groups in total. The first-order valence-electron chi connectivity index (χ1n) is 5.43. The summed E-state index contributed by atoms with van der Waals surface area (Å²) in [6.07, 6.45) is 0. The Bertz CT molecular complexity index is 538. The van der Waals surface area contributed by atoms with Gasteiger partial charge in [-0.2, -0.15) is 13.1 Å². The predicted molar refractivity (Wildman–Crippen MR) is 71.3 cm³/mol. The number of anilines is 1. The number of nitrogens with one attached hydrogen (secondary N) is 2. The third kappa shape index (κ3) is 4.34. The van der Waals surface area contributed by atoms with Crippen LogP contribution in [0.5, 0.6) is 0 Å². The van der Waals surface area contributed by atoms with Crippen molar-refractivity contribution in [3.05, 3.63) is 29.8 Å². The molecule has 0 atom stereocenters. The average Bonchev–Trinajstić information content (AvgIpc) is 2.25. The quantitative estimate of drug-likeness (QED) is 0.431. The van der Waals surface area contributed by atoms with Gasteiger partial charge in [-0.15, -0.1) is 0 Å². The monoisotopic (exact) mass is 271 g/mol. The molecule has 7 heteroatoms. The highest BCUT2D eigenvalue weighted by atomic mass is 32.2. The van der Waals surface area contributed by atoms with Crippen LogP contribution in [0, 0.1) is 0 Å². The van der Waals surface area contributed by atoms with Gasteiger partial charge in [-0.05, 0) is 32.9 Å². The summed E-state index contributed by atoms with van der Waals surface area (Å²) in [4.78, 5) is 0. The van der Waals surface area contributed by atoms with Crippen molar-refractivity contribution in [2.45, 2.75) is 26.8 Å². The summed E-state index contributed by atoms with van der Waals surface area (Å²) >= 11 is 0. The zero-order chi connectivity index (χ0) is 13.8. The first kappa shape index (κ1) is 14.5. The number of rotatable bonds is 5. The predicted octanol–water partition coefficient (Wildman–Crippen LogP) is 1.54. The second-order valence-electron chi connectivity index (χ2n) is 4.14. The fourth-order valence-corrected chi connectivity index (χ4v) is 2.48. The van der Waals surface area contributed by atoms with Crippen LogP contribution in [0.4, 0.5) is 5.69 Å². The molecule has 0 unspecified atom stereocenters. The summed E-state index contributed by atoms with van der Waals surface area (Å²) in [6, 6.07) is 6.42. The average molecular weight is 271 g/mol. The minimum Gasteiger partial charge on any atom is -0.411 e. The summed E-state index contributed by atoms with van der Waals surface area (Å²) in [6.45, 7) is 5.09. The van der Waals surface area contributed by atoms with E-state index in [1.165, 1.54) is 0 Å². The van der Waals surface area contributed by atoms with Gasteiger partial charge in [-0.3, -0.25) is 4.72 Å². The van der Waals surface area contributed by atoms with E-state index in [2.05, 4.69) is 14.6 Å². The third-order valence-electron chi connectivity index (χ3n) is 2.07. The molecule has 0 amide bonds. The summed E-state index contributed by atoms with van der Waals surface area (Å²) in [5.41, 5.74) is 1.46. The van der Waals surface area contributed by atoms with Crippen molar-refractivity contribution in [1.82, 2.24) is 4.72 Å². The van der Waals surface area contributed by atoms with Crippen molar-refractivity contribution in [3.8, 4) is 0 Å². The second kappa shape index (κ2) is 5.83. The molecular formula is C11H17N3O3S. The Balaban J connectivity index is 2.92. The lowest BCUT2D eigenvalue weighted by atomic mass is 10.1. The van der Waals surface area contributed by atoms with Crippen molar-refractivity contribution in [2.24, 2.45) is 5.16 Å². The van der Waals surface area contributed by atoms with Gasteiger partial charge in [0.05, 0.1) is 11.4 Å². The van der Waals surface area contributed by atoms with Crippen LogP contribution in [0.1, 0.15) is 26.3 Å². The largest absolute Gasteiger partial charge is 0.411 e. The maximum atomic E-state index is 11.7. The maximum Gasteiger partial charge on any atom is 0.299 e. The molecular weight excluding hydrogens is 254 g/mol. The highest BCUT2D eigenvalue weighted by molar-refractivity contribution is 7.90. The number of hydrogen-bond acceptors (Lipinski definition) is 4. The SMILES string of the molecule is C/C(=N\O)c1cccc(NS(=O)(=O)NC(C)C)c1. The van der Waals surface area contributed by atoms with Crippen LogP contribution in [0.2, 0.25) is 0 Å². The Morgan fingerprint density at radius 1 is 1.39 bits per heavy atom. The minimum atomic E-state index is -3.59. The number of hydrogen-bond donors (Lipinski definition) is 3. The van der Waals surface area contributed by atoms with Crippen molar-refractivity contribution in [3.63, 3.8) is 0 Å². The van der Waals surface area contributed by atoms with E-state index in [9.17, 15) is 8.42 Å². The molecule has 1 aromatic carbocycles. The highest BCUT2D eigenvalue weighted by Crippen LogP contribution is 2.12. The van der Waals surface area contributed by atoms with Gasteiger partial charge in [-0.1, -0.05) is 17.3 Å². The van der Waals surface area contributed by atoms with E-state index < -0.39 is 10.2 Å². The van der Waals surface area contributed by atoms with Gasteiger partial charge < -0.3 is 5.21 Å². The standard InChI is InChI=1S/C11H17N3O3S/c1-8(2)13-18(16,17)14-11-6-4-5-10(7-11)9(3)12-15/h4-8,13-15H,1-3H3/b12-9+. The van der Waals surface area contributed by atoms with Gasteiger partial charge in [0.2, 0.25) is 0 Å². The van der Waals surface area contributed by atoms with Gasteiger partial charge in [0.1, 0.15) is 0 Å². The van der Waals surface area contributed by atoms with Gasteiger partial charge in [0.15, 0.2) is 0 Å². The van der Waals surface area contributed by atoms with Gasteiger partial charge in [-0.25, -0.2) is 0 Å². The Labute approximate surface area is 107 Å². The number of nitrogens with zero attached hydrogens (tertiary/aromatic N) is 1. The van der Waals surface area contributed by atoms with Crippen molar-refractivity contribution in [1.29, 1.82) is 0 Å². The topological polar surface area (TPSA) is 90.8 Å². The summed E-state index contributed by atoms with van der Waals surface area (Å²) in [5, 5.41) is 11.7. The first-order chi connectivity index (χ1) is 8.34. The highest BCUT2D eigenvalue weighted by Gasteiger charge is 2.11. The van der Waals surface area contributed by atoms with Crippen LogP contribution in [-0.2, 0) is 10.2 Å². The van der Waals surface area contributed by atoms with Crippen LogP contribution >= 0.6 is 0 Å². The Hall–Kier alpha value is -1.60. The van der Waals surface area contributed by atoms with Gasteiger partial charge >= 0.3 is 0 Å². The zero-order valence-corrected chi connectivity index (χ0v) is 11.3. The van der Waals surface area contributed by atoms with Gasteiger partial charge in [0, 0.05) is 11.6 Å². The molecule has 1 aromatic rings. The van der Waals surface area contributed by atoms with Crippen LogP contribution in [0.25, 0.3) is 0 Å². The lowest BCUT2D eigenvalue weighted by molar-refractivity contribution is 0.319. The number of benzene rings is 1. The Morgan fingerprint density at radius 2 is 2.06 bits per heavy atom. The van der Waals surface area contributed by atoms with Gasteiger partial charge in [0.25, 0.3) is 10.2 Å². The normalized spacial score (nSPS) is 12.8. The smallest absolute Gasteiger partial charge is 0.299 e. The molecule has 0 fully saturated rings. The van der Waals surface area contributed by atoms with E-state index in [0.29, 0.717) is 17.0 Å². The molecule has 0 aliphatic rings. The first-order valence-corrected chi connectivity index (χ1v) is 6.91. The van der Waals surface area contributed by atoms with Crippen molar-refractivity contribution >= 4 is 21.6 Å². The second-order valence-corrected chi connectivity index (χ2v) is 5.59. The molecule has 6 nitrogen and oxygen atoms in total. The molecule has 0 bridgehead atoms. The zero-order valence-electron chi connectivity index (χ0n) is 10.5. The lowest BCUT2D eigenvalue weighted by Gasteiger charge is -2.12. The lowest BCUT2D eigenvalue weighted by Crippen LogP contribution is -2.35. The van der Waals surface area contributed by atoms with E-state index in [0.717, 1.165) is 0 Å². The molecule has 0 spiro atoms. The Kier molecular flexibility index (Phi) is 4.69. The molecule has 0 saturated heterocycles. The summed E-state index contributed by atoms with van der Waals surface area (Å²) in [5.74, 6) is 0. The van der Waals surface area contributed by atoms with Crippen molar-refractivity contribution < 1.29 is 13.6 Å². The molecule has 18 heavy (non-hydrogen) atoms. The fraction of sp³-hybridized carbons (Fsp3) is 0.364. The third-order valence-corrected chi connectivity index (χ3v) is 3.36.